The van der Waals surface area contributed by atoms with Gasteiger partial charge in [-0.3, -0.25) is 0 Å². The molecule has 2 N–H and O–H groups in total. The van der Waals surface area contributed by atoms with E-state index < -0.39 is 11.6 Å². The van der Waals surface area contributed by atoms with Gasteiger partial charge in [0.15, 0.2) is 0 Å². The molecular formula is C12H22N2O4S. The predicted molar refractivity (Wildman–Crippen MR) is 74.6 cm³/mol. The van der Waals surface area contributed by atoms with Crippen molar-refractivity contribution in [1.82, 2.24) is 10.2 Å². The minimum Gasteiger partial charge on any atom is -0.480 e. The molecule has 0 bridgehead atoms. The van der Waals surface area contributed by atoms with Gasteiger partial charge in [0.05, 0.1) is 13.1 Å². The molecule has 1 unspecified atom stereocenters. The van der Waals surface area contributed by atoms with Crippen LogP contribution in [0.15, 0.2) is 0 Å². The SMILES string of the molecule is CSCCC(C)NC(=O)N1CC(C)(OCC(=O)O)C1. The van der Waals surface area contributed by atoms with Crippen molar-refractivity contribution in [3.05, 3.63) is 0 Å². The second-order valence-corrected chi connectivity index (χ2v) is 6.11. The van der Waals surface area contributed by atoms with Gasteiger partial charge in [-0.25, -0.2) is 9.59 Å². The van der Waals surface area contributed by atoms with Crippen LogP contribution in [0.2, 0.25) is 0 Å². The molecule has 2 amide bonds. The van der Waals surface area contributed by atoms with Crippen LogP contribution in [0.1, 0.15) is 20.3 Å². The smallest absolute Gasteiger partial charge is 0.329 e. The topological polar surface area (TPSA) is 78.9 Å². The molecule has 0 aliphatic carbocycles. The lowest BCUT2D eigenvalue weighted by Gasteiger charge is -2.47. The highest BCUT2D eigenvalue weighted by Gasteiger charge is 2.42. The Hall–Kier alpha value is -0.950. The van der Waals surface area contributed by atoms with E-state index in [-0.39, 0.29) is 18.7 Å². The van der Waals surface area contributed by atoms with Crippen molar-refractivity contribution in [3.8, 4) is 0 Å². The molecule has 0 saturated carbocycles. The number of rotatable bonds is 7. The van der Waals surface area contributed by atoms with E-state index in [1.165, 1.54) is 0 Å². The molecule has 1 aliphatic heterocycles. The van der Waals surface area contributed by atoms with E-state index in [2.05, 4.69) is 5.32 Å². The van der Waals surface area contributed by atoms with Gasteiger partial charge in [0.25, 0.3) is 0 Å². The minimum absolute atomic E-state index is 0.106. The van der Waals surface area contributed by atoms with Crippen molar-refractivity contribution in [2.45, 2.75) is 31.9 Å². The molecule has 0 aromatic rings. The average molecular weight is 290 g/mol. The van der Waals surface area contributed by atoms with Crippen LogP contribution in [0.5, 0.6) is 0 Å². The molecule has 1 saturated heterocycles. The molecule has 1 aliphatic rings. The first-order chi connectivity index (χ1) is 8.86. The third kappa shape index (κ3) is 5.28. The average Bonchev–Trinajstić information content (AvgIpc) is 2.30. The Balaban J connectivity index is 2.25. The number of carboxylic acids is 1. The molecule has 0 aromatic carbocycles. The summed E-state index contributed by atoms with van der Waals surface area (Å²) < 4.78 is 5.25. The zero-order valence-corrected chi connectivity index (χ0v) is 12.5. The van der Waals surface area contributed by atoms with Crippen molar-refractivity contribution in [2.75, 3.05) is 31.7 Å². The fraction of sp³-hybridized carbons (Fsp3) is 0.833. The molecule has 0 spiro atoms. The van der Waals surface area contributed by atoms with Crippen LogP contribution < -0.4 is 5.32 Å². The summed E-state index contributed by atoms with van der Waals surface area (Å²) in [5.74, 6) is 0.0239. The van der Waals surface area contributed by atoms with Crippen molar-refractivity contribution in [2.24, 2.45) is 0 Å². The summed E-state index contributed by atoms with van der Waals surface area (Å²) in [6.07, 6.45) is 2.97. The van der Waals surface area contributed by atoms with Crippen LogP contribution in [0.25, 0.3) is 0 Å². The lowest BCUT2D eigenvalue weighted by Crippen LogP contribution is -2.65. The van der Waals surface area contributed by atoms with E-state index in [4.69, 9.17) is 9.84 Å². The van der Waals surface area contributed by atoms with Crippen molar-refractivity contribution >= 4 is 23.8 Å². The zero-order chi connectivity index (χ0) is 14.5. The van der Waals surface area contributed by atoms with Crippen LogP contribution in [0.4, 0.5) is 4.79 Å². The molecule has 110 valence electrons. The van der Waals surface area contributed by atoms with Crippen LogP contribution in [-0.2, 0) is 9.53 Å². The summed E-state index contributed by atoms with van der Waals surface area (Å²) in [7, 11) is 0. The second-order valence-electron chi connectivity index (χ2n) is 5.12. The Morgan fingerprint density at radius 2 is 2.16 bits per heavy atom. The predicted octanol–water partition coefficient (Wildman–Crippen LogP) is 1.01. The summed E-state index contributed by atoms with van der Waals surface area (Å²) >= 11 is 1.75. The number of likely N-dealkylation sites (tertiary alicyclic amines) is 1. The molecule has 1 fully saturated rings. The van der Waals surface area contributed by atoms with E-state index in [1.807, 2.05) is 20.1 Å². The molecule has 1 rings (SSSR count). The van der Waals surface area contributed by atoms with E-state index in [0.717, 1.165) is 12.2 Å². The van der Waals surface area contributed by atoms with Crippen LogP contribution in [0.3, 0.4) is 0 Å². The van der Waals surface area contributed by atoms with Gasteiger partial charge in [0, 0.05) is 6.04 Å². The second kappa shape index (κ2) is 7.00. The van der Waals surface area contributed by atoms with Gasteiger partial charge in [-0.2, -0.15) is 11.8 Å². The Morgan fingerprint density at radius 3 is 2.68 bits per heavy atom. The standard InChI is InChI=1S/C12H22N2O4S/c1-9(4-5-19-3)13-11(17)14-7-12(2,8-14)18-6-10(15)16/h9H,4-8H2,1-3H3,(H,13,17)(H,15,16). The highest BCUT2D eigenvalue weighted by molar-refractivity contribution is 7.98. The number of carbonyl (C=O) groups is 2. The number of nitrogens with zero attached hydrogens (tertiary/aromatic N) is 1. The van der Waals surface area contributed by atoms with Crippen molar-refractivity contribution in [3.63, 3.8) is 0 Å². The van der Waals surface area contributed by atoms with E-state index >= 15 is 0 Å². The van der Waals surface area contributed by atoms with Crippen LogP contribution in [0, 0.1) is 0 Å². The Labute approximate surface area is 117 Å². The first-order valence-corrected chi connectivity index (χ1v) is 7.66. The van der Waals surface area contributed by atoms with Gasteiger partial charge >= 0.3 is 12.0 Å². The Bertz CT molecular complexity index is 332. The highest BCUT2D eigenvalue weighted by Crippen LogP contribution is 2.24. The normalized spacial score (nSPS) is 18.6. The number of carboxylic acid groups (broad SMARTS) is 1. The largest absolute Gasteiger partial charge is 0.480 e. The van der Waals surface area contributed by atoms with E-state index in [9.17, 15) is 9.59 Å². The number of nitrogens with one attached hydrogen (secondary N) is 1. The van der Waals surface area contributed by atoms with Gasteiger partial charge in [0.2, 0.25) is 0 Å². The lowest BCUT2D eigenvalue weighted by atomic mass is 9.97. The maximum Gasteiger partial charge on any atom is 0.329 e. The van der Waals surface area contributed by atoms with Crippen LogP contribution >= 0.6 is 11.8 Å². The monoisotopic (exact) mass is 290 g/mol. The summed E-state index contributed by atoms with van der Waals surface area (Å²) in [5.41, 5.74) is -0.530. The number of aliphatic carboxylic acids is 1. The third-order valence-electron chi connectivity index (χ3n) is 3.01. The Morgan fingerprint density at radius 1 is 1.53 bits per heavy atom. The summed E-state index contributed by atoms with van der Waals surface area (Å²) in [5, 5.41) is 11.5. The number of urea groups is 1. The molecule has 1 atom stereocenters. The fourth-order valence-electron chi connectivity index (χ4n) is 1.90. The molecule has 19 heavy (non-hydrogen) atoms. The molecule has 7 heteroatoms. The maximum absolute atomic E-state index is 11.9. The first-order valence-electron chi connectivity index (χ1n) is 6.26. The number of carbonyl (C=O) groups excluding carboxylic acids is 1. The zero-order valence-electron chi connectivity index (χ0n) is 11.6. The van der Waals surface area contributed by atoms with Gasteiger partial charge in [-0.1, -0.05) is 0 Å². The first kappa shape index (κ1) is 16.1. The molecule has 6 nitrogen and oxygen atoms in total. The van der Waals surface area contributed by atoms with Gasteiger partial charge in [-0.05, 0) is 32.3 Å². The number of thioether (sulfide) groups is 1. The summed E-state index contributed by atoms with van der Waals surface area (Å²) in [6.45, 7) is 4.34. The van der Waals surface area contributed by atoms with E-state index in [0.29, 0.717) is 13.1 Å². The number of ether oxygens (including phenoxy) is 1. The molecular weight excluding hydrogens is 268 g/mol. The quantitative estimate of drug-likeness (QED) is 0.731. The van der Waals surface area contributed by atoms with Gasteiger partial charge < -0.3 is 20.1 Å². The molecule has 0 radical (unpaired) electrons. The number of hydrogen-bond acceptors (Lipinski definition) is 4. The highest BCUT2D eigenvalue weighted by atomic mass is 32.2. The summed E-state index contributed by atoms with van der Waals surface area (Å²) in [6, 6.07) is 0.0387. The number of hydrogen-bond donors (Lipinski definition) is 2. The van der Waals surface area contributed by atoms with Gasteiger partial charge in [-0.15, -0.1) is 0 Å². The third-order valence-corrected chi connectivity index (χ3v) is 3.65. The number of amides is 2. The molecule has 0 aromatic heterocycles. The maximum atomic E-state index is 11.9. The van der Waals surface area contributed by atoms with Crippen molar-refractivity contribution in [1.29, 1.82) is 0 Å². The summed E-state index contributed by atoms with van der Waals surface area (Å²) in [4.78, 5) is 23.9. The van der Waals surface area contributed by atoms with E-state index in [1.54, 1.807) is 16.7 Å². The minimum atomic E-state index is -0.991. The lowest BCUT2D eigenvalue weighted by molar-refractivity contribution is -0.159. The fourth-order valence-corrected chi connectivity index (χ4v) is 2.49. The van der Waals surface area contributed by atoms with Gasteiger partial charge in [0.1, 0.15) is 12.2 Å². The van der Waals surface area contributed by atoms with Crippen molar-refractivity contribution < 1.29 is 19.4 Å². The van der Waals surface area contributed by atoms with Crippen LogP contribution in [-0.4, -0.2) is 65.4 Å². The Kier molecular flexibility index (Phi) is 5.93. The molecule has 1 heterocycles.